The number of rotatable bonds is 6. The maximum absolute atomic E-state index is 12.4. The highest BCUT2D eigenvalue weighted by molar-refractivity contribution is 7.91. The molecule has 0 spiro atoms. The van der Waals surface area contributed by atoms with E-state index >= 15 is 0 Å². The van der Waals surface area contributed by atoms with Crippen molar-refractivity contribution in [3.63, 3.8) is 0 Å². The van der Waals surface area contributed by atoms with Gasteiger partial charge >= 0.3 is 0 Å². The van der Waals surface area contributed by atoms with E-state index in [0.717, 1.165) is 18.4 Å². The summed E-state index contributed by atoms with van der Waals surface area (Å²) in [6.07, 6.45) is 8.61. The molecule has 1 aliphatic heterocycles. The first kappa shape index (κ1) is 18.8. The van der Waals surface area contributed by atoms with Gasteiger partial charge in [-0.1, -0.05) is 6.07 Å². The molecule has 3 rings (SSSR count). The molecule has 1 amide bonds. The lowest BCUT2D eigenvalue weighted by molar-refractivity contribution is -0.127. The van der Waals surface area contributed by atoms with Gasteiger partial charge < -0.3 is 4.90 Å². The standard InChI is InChI=1S/C17H22N4O3S2/c1-20-12-15(10-18-20)6-7-16(22)21-8-2-4-14(13-21)11-19-26(23,24)17-5-3-9-25-17/h3,5-7,9-10,12,14,19H,2,4,8,11,13H2,1H3. The fraction of sp³-hybridized carbons (Fsp3) is 0.412. The first-order chi connectivity index (χ1) is 12.4. The zero-order valence-corrected chi connectivity index (χ0v) is 16.2. The molecule has 0 radical (unpaired) electrons. The molecule has 3 heterocycles. The molecule has 0 bridgehead atoms. The molecule has 2 aromatic rings. The van der Waals surface area contributed by atoms with Crippen molar-refractivity contribution in [2.45, 2.75) is 17.1 Å². The summed E-state index contributed by atoms with van der Waals surface area (Å²) in [5.74, 6) is 0.0638. The molecule has 1 fully saturated rings. The predicted molar refractivity (Wildman–Crippen MR) is 101 cm³/mol. The molecule has 1 atom stereocenters. The van der Waals surface area contributed by atoms with Crippen LogP contribution in [0.1, 0.15) is 18.4 Å². The van der Waals surface area contributed by atoms with Crippen LogP contribution >= 0.6 is 11.3 Å². The van der Waals surface area contributed by atoms with Gasteiger partial charge in [0.2, 0.25) is 15.9 Å². The summed E-state index contributed by atoms with van der Waals surface area (Å²) in [6.45, 7) is 1.60. The number of hydrogen-bond donors (Lipinski definition) is 1. The van der Waals surface area contributed by atoms with Crippen LogP contribution in [0.3, 0.4) is 0 Å². The zero-order chi connectivity index (χ0) is 18.6. The second-order valence-electron chi connectivity index (χ2n) is 6.36. The highest BCUT2D eigenvalue weighted by Gasteiger charge is 2.24. The number of nitrogens with one attached hydrogen (secondary N) is 1. The smallest absolute Gasteiger partial charge is 0.250 e. The molecule has 1 saturated heterocycles. The quantitative estimate of drug-likeness (QED) is 0.756. The minimum Gasteiger partial charge on any atom is -0.339 e. The summed E-state index contributed by atoms with van der Waals surface area (Å²) in [5.41, 5.74) is 0.873. The number of sulfonamides is 1. The summed E-state index contributed by atoms with van der Waals surface area (Å²) in [7, 11) is -1.63. The van der Waals surface area contributed by atoms with E-state index in [9.17, 15) is 13.2 Å². The molecule has 0 saturated carbocycles. The molecular weight excluding hydrogens is 372 g/mol. The van der Waals surface area contributed by atoms with Crippen molar-refractivity contribution in [3.05, 3.63) is 41.5 Å². The molecule has 2 aromatic heterocycles. The number of amides is 1. The zero-order valence-electron chi connectivity index (χ0n) is 14.5. The van der Waals surface area contributed by atoms with Gasteiger partial charge in [0.25, 0.3) is 0 Å². The van der Waals surface area contributed by atoms with E-state index in [1.807, 2.05) is 13.2 Å². The summed E-state index contributed by atoms with van der Waals surface area (Å²) in [5, 5.41) is 5.80. The van der Waals surface area contributed by atoms with Gasteiger partial charge in [0.1, 0.15) is 4.21 Å². The Kier molecular flexibility index (Phi) is 5.90. The highest BCUT2D eigenvalue weighted by atomic mass is 32.2. The Bertz CT molecular complexity index is 872. The van der Waals surface area contributed by atoms with Gasteiger partial charge in [-0.15, -0.1) is 11.3 Å². The van der Waals surface area contributed by atoms with Crippen molar-refractivity contribution in [2.75, 3.05) is 19.6 Å². The minimum atomic E-state index is -3.46. The van der Waals surface area contributed by atoms with Gasteiger partial charge in [-0.25, -0.2) is 13.1 Å². The maximum Gasteiger partial charge on any atom is 0.250 e. The van der Waals surface area contributed by atoms with Crippen molar-refractivity contribution in [3.8, 4) is 0 Å². The van der Waals surface area contributed by atoms with Gasteiger partial charge in [0, 0.05) is 44.5 Å². The Balaban J connectivity index is 1.54. The van der Waals surface area contributed by atoms with Gasteiger partial charge in [-0.05, 0) is 36.3 Å². The highest BCUT2D eigenvalue weighted by Crippen LogP contribution is 2.19. The fourth-order valence-corrected chi connectivity index (χ4v) is 5.10. The van der Waals surface area contributed by atoms with Crippen LogP contribution < -0.4 is 4.72 Å². The lowest BCUT2D eigenvalue weighted by Crippen LogP contribution is -2.43. The fourth-order valence-electron chi connectivity index (χ4n) is 2.95. The third-order valence-electron chi connectivity index (χ3n) is 4.30. The van der Waals surface area contributed by atoms with E-state index in [0.29, 0.717) is 23.8 Å². The van der Waals surface area contributed by atoms with Gasteiger partial charge in [-0.3, -0.25) is 9.48 Å². The molecule has 26 heavy (non-hydrogen) atoms. The van der Waals surface area contributed by atoms with Gasteiger partial charge in [0.15, 0.2) is 0 Å². The Morgan fingerprint density at radius 1 is 1.50 bits per heavy atom. The van der Waals surface area contributed by atoms with Crippen molar-refractivity contribution < 1.29 is 13.2 Å². The number of hydrogen-bond acceptors (Lipinski definition) is 5. The van der Waals surface area contributed by atoms with Crippen LogP contribution in [-0.4, -0.2) is 48.6 Å². The first-order valence-electron chi connectivity index (χ1n) is 8.43. The Morgan fingerprint density at radius 3 is 3.04 bits per heavy atom. The number of thiophene rings is 1. The van der Waals surface area contributed by atoms with Crippen LogP contribution in [0.2, 0.25) is 0 Å². The van der Waals surface area contributed by atoms with Crippen LogP contribution in [-0.2, 0) is 21.9 Å². The average Bonchev–Trinajstić information content (AvgIpc) is 3.30. The topological polar surface area (TPSA) is 84.3 Å². The molecule has 140 valence electrons. The van der Waals surface area contributed by atoms with Crippen LogP contribution in [0.4, 0.5) is 0 Å². The SMILES string of the molecule is Cn1cc(C=CC(=O)N2CCCC(CNS(=O)(=O)c3cccs3)C2)cn1. The van der Waals surface area contributed by atoms with Gasteiger partial charge in [0.05, 0.1) is 6.20 Å². The molecule has 0 aromatic carbocycles. The van der Waals surface area contributed by atoms with Crippen molar-refractivity contribution in [2.24, 2.45) is 13.0 Å². The molecule has 0 aliphatic carbocycles. The molecule has 1 N–H and O–H groups in total. The second-order valence-corrected chi connectivity index (χ2v) is 9.30. The molecular formula is C17H22N4O3S2. The number of carbonyl (C=O) groups excluding carboxylic acids is 1. The van der Waals surface area contributed by atoms with Crippen molar-refractivity contribution in [1.82, 2.24) is 19.4 Å². The Morgan fingerprint density at radius 2 is 2.35 bits per heavy atom. The average molecular weight is 395 g/mol. The van der Waals surface area contributed by atoms with E-state index in [1.54, 1.807) is 45.4 Å². The van der Waals surface area contributed by atoms with Crippen LogP contribution in [0.5, 0.6) is 0 Å². The summed E-state index contributed by atoms with van der Waals surface area (Å²) < 4.78 is 29.1. The number of aromatic nitrogens is 2. The van der Waals surface area contributed by atoms with Gasteiger partial charge in [-0.2, -0.15) is 5.10 Å². The lowest BCUT2D eigenvalue weighted by atomic mass is 9.98. The summed E-state index contributed by atoms with van der Waals surface area (Å²) >= 11 is 1.20. The van der Waals surface area contributed by atoms with Crippen molar-refractivity contribution >= 4 is 33.3 Å². The summed E-state index contributed by atoms with van der Waals surface area (Å²) in [4.78, 5) is 14.2. The van der Waals surface area contributed by atoms with E-state index in [1.165, 1.54) is 11.3 Å². The van der Waals surface area contributed by atoms with E-state index in [2.05, 4.69) is 9.82 Å². The van der Waals surface area contributed by atoms with E-state index < -0.39 is 10.0 Å². The Hall–Kier alpha value is -1.97. The maximum atomic E-state index is 12.4. The Labute approximate surface area is 157 Å². The molecule has 1 aliphatic rings. The number of piperidine rings is 1. The third-order valence-corrected chi connectivity index (χ3v) is 7.12. The first-order valence-corrected chi connectivity index (χ1v) is 10.8. The predicted octanol–water partition coefficient (Wildman–Crippen LogP) is 1.71. The lowest BCUT2D eigenvalue weighted by Gasteiger charge is -2.32. The van der Waals surface area contributed by atoms with Crippen LogP contribution in [0, 0.1) is 5.92 Å². The third kappa shape index (κ3) is 4.80. The van der Waals surface area contributed by atoms with E-state index in [4.69, 9.17) is 0 Å². The molecule has 9 heteroatoms. The van der Waals surface area contributed by atoms with E-state index in [-0.39, 0.29) is 11.8 Å². The number of likely N-dealkylation sites (tertiary alicyclic amines) is 1. The minimum absolute atomic E-state index is 0.0559. The number of aryl methyl sites for hydroxylation is 1. The second kappa shape index (κ2) is 8.15. The summed E-state index contributed by atoms with van der Waals surface area (Å²) in [6, 6.07) is 3.31. The monoisotopic (exact) mass is 394 g/mol. The molecule has 7 nitrogen and oxygen atoms in total. The molecule has 1 unspecified atom stereocenters. The van der Waals surface area contributed by atoms with Crippen LogP contribution in [0.15, 0.2) is 40.2 Å². The number of carbonyl (C=O) groups is 1. The van der Waals surface area contributed by atoms with Crippen LogP contribution in [0.25, 0.3) is 6.08 Å². The largest absolute Gasteiger partial charge is 0.339 e. The van der Waals surface area contributed by atoms with Crippen molar-refractivity contribution in [1.29, 1.82) is 0 Å². The number of nitrogens with zero attached hydrogens (tertiary/aromatic N) is 3. The normalized spacial score (nSPS) is 18.5.